The van der Waals surface area contributed by atoms with Gasteiger partial charge in [0.2, 0.25) is 5.91 Å². The van der Waals surface area contributed by atoms with Crippen molar-refractivity contribution < 1.29 is 14.3 Å². The average Bonchev–Trinajstić information content (AvgIpc) is 2.29. The van der Waals surface area contributed by atoms with Gasteiger partial charge in [0, 0.05) is 43.9 Å². The van der Waals surface area contributed by atoms with E-state index in [0.29, 0.717) is 19.5 Å². The van der Waals surface area contributed by atoms with Crippen LogP contribution >= 0.6 is 0 Å². The molecule has 1 aliphatic rings. The summed E-state index contributed by atoms with van der Waals surface area (Å²) in [4.78, 5) is 24.9. The predicted molar refractivity (Wildman–Crippen MR) is 67.3 cm³/mol. The van der Waals surface area contributed by atoms with Gasteiger partial charge in [-0.05, 0) is 0 Å². The maximum absolute atomic E-state index is 11.9. The number of carbonyl (C=O) groups is 2. The fourth-order valence-electron chi connectivity index (χ4n) is 1.76. The van der Waals surface area contributed by atoms with Gasteiger partial charge in [0.15, 0.2) is 0 Å². The summed E-state index contributed by atoms with van der Waals surface area (Å²) in [5, 5.41) is 3.07. The third-order valence-electron chi connectivity index (χ3n) is 2.95. The zero-order chi connectivity index (χ0) is 13.8. The summed E-state index contributed by atoms with van der Waals surface area (Å²) in [6.07, 6.45) is 2.19. The number of nitrogens with zero attached hydrogens (tertiary/aromatic N) is 1. The molecule has 2 amide bonds. The van der Waals surface area contributed by atoms with Crippen molar-refractivity contribution in [3.63, 3.8) is 0 Å². The first kappa shape index (κ1) is 14.5. The van der Waals surface area contributed by atoms with Gasteiger partial charge >= 0.3 is 0 Å². The molecule has 18 heavy (non-hydrogen) atoms. The summed E-state index contributed by atoms with van der Waals surface area (Å²) >= 11 is 0. The van der Waals surface area contributed by atoms with Crippen molar-refractivity contribution in [2.45, 2.75) is 20.3 Å². The number of rotatable bonds is 5. The molecule has 6 heteroatoms. The van der Waals surface area contributed by atoms with Crippen molar-refractivity contribution in [2.75, 3.05) is 26.8 Å². The minimum absolute atomic E-state index is 0.0361. The number of amides is 2. The zero-order valence-electron chi connectivity index (χ0n) is 11.2. The lowest BCUT2D eigenvalue weighted by Gasteiger charge is -2.33. The summed E-state index contributed by atoms with van der Waals surface area (Å²) in [7, 11) is 1.48. The number of ether oxygens (including phenoxy) is 1. The molecule has 0 unspecified atom stereocenters. The molecule has 1 aliphatic heterocycles. The van der Waals surface area contributed by atoms with Crippen LogP contribution in [0.5, 0.6) is 0 Å². The molecule has 0 aromatic heterocycles. The Balaban J connectivity index is 2.80. The third kappa shape index (κ3) is 3.46. The summed E-state index contributed by atoms with van der Waals surface area (Å²) in [6, 6.07) is 0. The normalized spacial score (nSPS) is 15.9. The van der Waals surface area contributed by atoms with Gasteiger partial charge in [0.05, 0.1) is 0 Å². The number of allylic oxidation sites excluding steroid dienone is 1. The molecule has 1 heterocycles. The van der Waals surface area contributed by atoms with Crippen molar-refractivity contribution in [1.82, 2.24) is 10.2 Å². The lowest BCUT2D eigenvalue weighted by Crippen LogP contribution is -2.44. The molecular formula is C12H21N3O3. The number of primary amides is 1. The van der Waals surface area contributed by atoms with Crippen LogP contribution in [-0.2, 0) is 14.3 Å². The number of carbonyl (C=O) groups excluding carboxylic acids is 2. The van der Waals surface area contributed by atoms with Crippen molar-refractivity contribution >= 4 is 11.8 Å². The van der Waals surface area contributed by atoms with Crippen molar-refractivity contribution in [3.05, 3.63) is 11.9 Å². The van der Waals surface area contributed by atoms with E-state index >= 15 is 0 Å². The summed E-state index contributed by atoms with van der Waals surface area (Å²) < 4.78 is 4.85. The Labute approximate surface area is 107 Å². The third-order valence-corrected chi connectivity index (χ3v) is 2.95. The van der Waals surface area contributed by atoms with Crippen molar-refractivity contribution in [1.29, 1.82) is 0 Å². The van der Waals surface area contributed by atoms with E-state index in [1.54, 1.807) is 24.9 Å². The second-order valence-corrected chi connectivity index (χ2v) is 4.99. The molecule has 0 bridgehead atoms. The highest BCUT2D eigenvalue weighted by Gasteiger charge is 2.30. The highest BCUT2D eigenvalue weighted by molar-refractivity contribution is 5.82. The summed E-state index contributed by atoms with van der Waals surface area (Å²) in [6.45, 7) is 4.83. The SMILES string of the molecule is COCC(=O)N1CCNC=C1CC(C)(C)C(N)=O. The largest absolute Gasteiger partial charge is 0.388 e. The van der Waals surface area contributed by atoms with E-state index in [4.69, 9.17) is 10.5 Å². The Kier molecular flexibility index (Phi) is 4.72. The van der Waals surface area contributed by atoms with Crippen molar-refractivity contribution in [3.8, 4) is 0 Å². The van der Waals surface area contributed by atoms with Crippen LogP contribution in [0.2, 0.25) is 0 Å². The molecule has 0 saturated heterocycles. The second-order valence-electron chi connectivity index (χ2n) is 4.99. The highest BCUT2D eigenvalue weighted by Crippen LogP contribution is 2.27. The minimum Gasteiger partial charge on any atom is -0.388 e. The number of hydrogen-bond donors (Lipinski definition) is 2. The summed E-state index contributed by atoms with van der Waals surface area (Å²) in [5.74, 6) is -0.487. The van der Waals surface area contributed by atoms with E-state index in [9.17, 15) is 9.59 Å². The Morgan fingerprint density at radius 2 is 2.22 bits per heavy atom. The second kappa shape index (κ2) is 5.86. The molecular weight excluding hydrogens is 234 g/mol. The number of methoxy groups -OCH3 is 1. The van der Waals surface area contributed by atoms with Gasteiger partial charge in [-0.1, -0.05) is 13.8 Å². The molecule has 0 atom stereocenters. The van der Waals surface area contributed by atoms with Crippen LogP contribution in [0, 0.1) is 5.41 Å². The maximum atomic E-state index is 11.9. The van der Waals surface area contributed by atoms with E-state index in [1.165, 1.54) is 7.11 Å². The predicted octanol–water partition coefficient (Wildman–Crippen LogP) is -0.192. The molecule has 102 valence electrons. The number of nitrogens with two attached hydrogens (primary N) is 1. The van der Waals surface area contributed by atoms with Gasteiger partial charge in [0.1, 0.15) is 6.61 Å². The van der Waals surface area contributed by atoms with E-state index in [2.05, 4.69) is 5.32 Å². The molecule has 0 spiro atoms. The molecule has 6 nitrogen and oxygen atoms in total. The van der Waals surface area contributed by atoms with Gasteiger partial charge in [0.25, 0.3) is 5.91 Å². The molecule has 3 N–H and O–H groups in total. The van der Waals surface area contributed by atoms with Gasteiger partial charge in [-0.15, -0.1) is 0 Å². The molecule has 0 aromatic carbocycles. The minimum atomic E-state index is -0.684. The molecule has 0 radical (unpaired) electrons. The van der Waals surface area contributed by atoms with Crippen LogP contribution in [0.1, 0.15) is 20.3 Å². The first-order valence-corrected chi connectivity index (χ1v) is 5.90. The molecule has 0 aliphatic carbocycles. The number of nitrogens with one attached hydrogen (secondary N) is 1. The van der Waals surface area contributed by atoms with Crippen LogP contribution in [0.15, 0.2) is 11.9 Å². The fraction of sp³-hybridized carbons (Fsp3) is 0.667. The van der Waals surface area contributed by atoms with Gasteiger partial charge < -0.3 is 20.7 Å². The van der Waals surface area contributed by atoms with Crippen LogP contribution in [0.4, 0.5) is 0 Å². The smallest absolute Gasteiger partial charge is 0.252 e. The fourth-order valence-corrected chi connectivity index (χ4v) is 1.76. The quantitative estimate of drug-likeness (QED) is 0.713. The van der Waals surface area contributed by atoms with Crippen LogP contribution in [-0.4, -0.2) is 43.5 Å². The van der Waals surface area contributed by atoms with E-state index < -0.39 is 5.41 Å². The van der Waals surface area contributed by atoms with Gasteiger partial charge in [-0.25, -0.2) is 0 Å². The molecule has 0 fully saturated rings. The van der Waals surface area contributed by atoms with Crippen LogP contribution in [0.25, 0.3) is 0 Å². The van der Waals surface area contributed by atoms with Crippen LogP contribution in [0.3, 0.4) is 0 Å². The van der Waals surface area contributed by atoms with Crippen molar-refractivity contribution in [2.24, 2.45) is 11.1 Å². The first-order chi connectivity index (χ1) is 8.38. The Morgan fingerprint density at radius 3 is 2.78 bits per heavy atom. The van der Waals surface area contributed by atoms with E-state index in [-0.39, 0.29) is 18.4 Å². The number of hydrogen-bond acceptors (Lipinski definition) is 4. The maximum Gasteiger partial charge on any atom is 0.252 e. The summed E-state index contributed by atoms with van der Waals surface area (Å²) in [5.41, 5.74) is 5.44. The Hall–Kier alpha value is -1.56. The monoisotopic (exact) mass is 255 g/mol. The van der Waals surface area contributed by atoms with E-state index in [1.807, 2.05) is 0 Å². The van der Waals surface area contributed by atoms with Crippen LogP contribution < -0.4 is 11.1 Å². The average molecular weight is 255 g/mol. The zero-order valence-corrected chi connectivity index (χ0v) is 11.2. The topological polar surface area (TPSA) is 84.7 Å². The van der Waals surface area contributed by atoms with E-state index in [0.717, 1.165) is 5.70 Å². The lowest BCUT2D eigenvalue weighted by molar-refractivity contribution is -0.134. The molecule has 0 saturated carbocycles. The molecule has 1 rings (SSSR count). The lowest BCUT2D eigenvalue weighted by atomic mass is 9.86. The van der Waals surface area contributed by atoms with Gasteiger partial charge in [-0.3, -0.25) is 9.59 Å². The Bertz CT molecular complexity index is 364. The highest BCUT2D eigenvalue weighted by atomic mass is 16.5. The first-order valence-electron chi connectivity index (χ1n) is 5.90. The standard InChI is InChI=1S/C12H21N3O3/c1-12(2,11(13)17)6-9-7-14-4-5-15(9)10(16)8-18-3/h7,14H,4-6,8H2,1-3H3,(H2,13,17). The molecule has 0 aromatic rings. The van der Waals surface area contributed by atoms with Gasteiger partial charge in [-0.2, -0.15) is 0 Å². The Morgan fingerprint density at radius 1 is 1.56 bits per heavy atom.